The first-order valence-electron chi connectivity index (χ1n) is 7.56. The van der Waals surface area contributed by atoms with Gasteiger partial charge >= 0.3 is 6.03 Å². The van der Waals surface area contributed by atoms with Gasteiger partial charge < -0.3 is 15.3 Å². The Balaban J connectivity index is 1.80. The van der Waals surface area contributed by atoms with Crippen LogP contribution in [0.3, 0.4) is 0 Å². The minimum Gasteiger partial charge on any atom is -0.390 e. The van der Waals surface area contributed by atoms with Crippen molar-refractivity contribution in [3.8, 4) is 0 Å². The predicted octanol–water partition coefficient (Wildman–Crippen LogP) is 2.54. The third-order valence-electron chi connectivity index (χ3n) is 3.51. The van der Waals surface area contributed by atoms with Crippen LogP contribution in [0.2, 0.25) is 0 Å². The Kier molecular flexibility index (Phi) is 5.86. The van der Waals surface area contributed by atoms with Crippen LogP contribution in [-0.4, -0.2) is 46.2 Å². The van der Waals surface area contributed by atoms with Gasteiger partial charge in [0, 0.05) is 37.2 Å². The molecular formula is C16H22F2N2O2S. The fourth-order valence-corrected chi connectivity index (χ4v) is 3.34. The van der Waals surface area contributed by atoms with Crippen LogP contribution in [0, 0.1) is 11.6 Å². The Hall–Kier alpha value is -1.34. The summed E-state index contributed by atoms with van der Waals surface area (Å²) in [7, 11) is 0. The van der Waals surface area contributed by atoms with E-state index in [9.17, 15) is 18.7 Å². The number of carbonyl (C=O) groups is 1. The van der Waals surface area contributed by atoms with E-state index in [4.69, 9.17) is 0 Å². The summed E-state index contributed by atoms with van der Waals surface area (Å²) < 4.78 is 26.9. The standard InChI is InChI=1S/C16H22F2N2O2S/c1-16(2,22)10-23-6-4-19-15(21)20-5-3-13-11(9-20)7-12(17)8-14(13)18/h7-8,22H,3-6,9-10H2,1-2H3,(H,19,21). The van der Waals surface area contributed by atoms with Crippen molar-refractivity contribution in [1.82, 2.24) is 10.2 Å². The molecule has 0 aliphatic carbocycles. The second-order valence-electron chi connectivity index (χ2n) is 6.29. The Morgan fingerprint density at radius 1 is 1.43 bits per heavy atom. The predicted molar refractivity (Wildman–Crippen MR) is 87.5 cm³/mol. The number of aliphatic hydroxyl groups is 1. The first kappa shape index (κ1) is 18.0. The SMILES string of the molecule is CC(C)(O)CSCCNC(=O)N1CCc2c(F)cc(F)cc2C1. The van der Waals surface area contributed by atoms with Crippen molar-refractivity contribution < 1.29 is 18.7 Å². The molecule has 2 amide bonds. The number of rotatable bonds is 5. The van der Waals surface area contributed by atoms with Gasteiger partial charge in [-0.2, -0.15) is 11.8 Å². The number of amides is 2. The molecule has 1 aliphatic rings. The normalized spacial score (nSPS) is 14.6. The summed E-state index contributed by atoms with van der Waals surface area (Å²) in [6.45, 7) is 4.59. The van der Waals surface area contributed by atoms with Crippen molar-refractivity contribution >= 4 is 17.8 Å². The third kappa shape index (κ3) is 5.35. The van der Waals surface area contributed by atoms with Crippen molar-refractivity contribution in [2.75, 3.05) is 24.6 Å². The molecule has 0 bridgehead atoms. The van der Waals surface area contributed by atoms with Crippen LogP contribution in [0.15, 0.2) is 12.1 Å². The molecule has 1 heterocycles. The van der Waals surface area contributed by atoms with Gasteiger partial charge in [-0.3, -0.25) is 0 Å². The molecular weight excluding hydrogens is 322 g/mol. The largest absolute Gasteiger partial charge is 0.390 e. The molecule has 1 aromatic rings. The Labute approximate surface area is 139 Å². The van der Waals surface area contributed by atoms with E-state index in [-0.39, 0.29) is 12.6 Å². The highest BCUT2D eigenvalue weighted by Crippen LogP contribution is 2.23. The Morgan fingerprint density at radius 2 is 2.17 bits per heavy atom. The molecule has 0 saturated heterocycles. The minimum atomic E-state index is -0.723. The molecule has 1 aromatic carbocycles. The highest BCUT2D eigenvalue weighted by molar-refractivity contribution is 7.99. The van der Waals surface area contributed by atoms with Crippen molar-refractivity contribution in [2.24, 2.45) is 0 Å². The summed E-state index contributed by atoms with van der Waals surface area (Å²) in [4.78, 5) is 13.7. The zero-order valence-electron chi connectivity index (χ0n) is 13.4. The molecule has 0 radical (unpaired) electrons. The number of halogens is 2. The lowest BCUT2D eigenvalue weighted by atomic mass is 9.99. The maximum Gasteiger partial charge on any atom is 0.317 e. The fraction of sp³-hybridized carbons (Fsp3) is 0.562. The minimum absolute atomic E-state index is 0.215. The average Bonchev–Trinajstić information content (AvgIpc) is 2.44. The van der Waals surface area contributed by atoms with E-state index < -0.39 is 17.2 Å². The molecule has 23 heavy (non-hydrogen) atoms. The second-order valence-corrected chi connectivity index (χ2v) is 7.40. The van der Waals surface area contributed by atoms with Crippen molar-refractivity contribution in [3.05, 3.63) is 34.9 Å². The van der Waals surface area contributed by atoms with E-state index in [1.54, 1.807) is 30.5 Å². The number of nitrogens with zero attached hydrogens (tertiary/aromatic N) is 1. The van der Waals surface area contributed by atoms with Crippen molar-refractivity contribution in [3.63, 3.8) is 0 Å². The van der Waals surface area contributed by atoms with E-state index >= 15 is 0 Å². The molecule has 128 valence electrons. The van der Waals surface area contributed by atoms with Gasteiger partial charge in [-0.25, -0.2) is 13.6 Å². The van der Waals surface area contributed by atoms with Gasteiger partial charge in [0.2, 0.25) is 0 Å². The lowest BCUT2D eigenvalue weighted by molar-refractivity contribution is 0.107. The summed E-state index contributed by atoms with van der Waals surface area (Å²) in [5.41, 5.74) is 0.302. The number of hydrogen-bond acceptors (Lipinski definition) is 3. The molecule has 0 aromatic heterocycles. The summed E-state index contributed by atoms with van der Waals surface area (Å²) in [5.74, 6) is 0.136. The van der Waals surface area contributed by atoms with Gasteiger partial charge in [-0.05, 0) is 37.5 Å². The highest BCUT2D eigenvalue weighted by Gasteiger charge is 2.23. The average molecular weight is 344 g/mol. The smallest absolute Gasteiger partial charge is 0.317 e. The van der Waals surface area contributed by atoms with E-state index in [1.165, 1.54) is 6.07 Å². The molecule has 7 heteroatoms. The van der Waals surface area contributed by atoms with E-state index in [1.807, 2.05) is 0 Å². The summed E-state index contributed by atoms with van der Waals surface area (Å²) in [6.07, 6.45) is 0.391. The quantitative estimate of drug-likeness (QED) is 0.807. The molecule has 2 N–H and O–H groups in total. The van der Waals surface area contributed by atoms with Crippen LogP contribution in [0.5, 0.6) is 0 Å². The lowest BCUT2D eigenvalue weighted by Crippen LogP contribution is -2.43. The van der Waals surface area contributed by atoms with E-state index in [0.29, 0.717) is 42.1 Å². The van der Waals surface area contributed by atoms with Crippen molar-refractivity contribution in [2.45, 2.75) is 32.4 Å². The molecule has 2 rings (SSSR count). The number of nitrogens with one attached hydrogen (secondary N) is 1. The molecule has 0 spiro atoms. The maximum atomic E-state index is 13.7. The number of fused-ring (bicyclic) bond motifs is 1. The first-order valence-corrected chi connectivity index (χ1v) is 8.71. The Morgan fingerprint density at radius 3 is 2.87 bits per heavy atom. The maximum absolute atomic E-state index is 13.7. The highest BCUT2D eigenvalue weighted by atomic mass is 32.2. The number of benzene rings is 1. The molecule has 0 atom stereocenters. The Bertz CT molecular complexity index is 576. The third-order valence-corrected chi connectivity index (χ3v) is 4.91. The van der Waals surface area contributed by atoms with E-state index in [0.717, 1.165) is 6.07 Å². The molecule has 0 unspecified atom stereocenters. The van der Waals surface area contributed by atoms with Crippen molar-refractivity contribution in [1.29, 1.82) is 0 Å². The van der Waals surface area contributed by atoms with Crippen LogP contribution >= 0.6 is 11.8 Å². The number of hydrogen-bond donors (Lipinski definition) is 2. The van der Waals surface area contributed by atoms with Crippen LogP contribution in [-0.2, 0) is 13.0 Å². The van der Waals surface area contributed by atoms with Gasteiger partial charge in [0.25, 0.3) is 0 Å². The summed E-state index contributed by atoms with van der Waals surface area (Å²) in [5, 5.41) is 12.4. The second kappa shape index (κ2) is 7.49. The molecule has 4 nitrogen and oxygen atoms in total. The molecule has 0 fully saturated rings. The van der Waals surface area contributed by atoms with Gasteiger partial charge in [0.1, 0.15) is 11.6 Å². The van der Waals surface area contributed by atoms with Gasteiger partial charge in [0.15, 0.2) is 0 Å². The molecule has 1 aliphatic heterocycles. The first-order chi connectivity index (χ1) is 10.8. The number of urea groups is 1. The lowest BCUT2D eigenvalue weighted by Gasteiger charge is -2.29. The summed E-state index contributed by atoms with van der Waals surface area (Å²) in [6, 6.07) is 1.94. The zero-order chi connectivity index (χ0) is 17.0. The number of carbonyl (C=O) groups excluding carboxylic acids is 1. The molecule has 0 saturated carbocycles. The van der Waals surface area contributed by atoms with E-state index in [2.05, 4.69) is 5.32 Å². The topological polar surface area (TPSA) is 52.6 Å². The van der Waals surface area contributed by atoms with Gasteiger partial charge in [-0.1, -0.05) is 0 Å². The van der Waals surface area contributed by atoms with Crippen LogP contribution < -0.4 is 5.32 Å². The van der Waals surface area contributed by atoms with Gasteiger partial charge in [0.05, 0.1) is 5.60 Å². The zero-order valence-corrected chi connectivity index (χ0v) is 14.2. The van der Waals surface area contributed by atoms with Gasteiger partial charge in [-0.15, -0.1) is 0 Å². The fourth-order valence-electron chi connectivity index (χ4n) is 2.45. The van der Waals surface area contributed by atoms with Crippen LogP contribution in [0.4, 0.5) is 13.6 Å². The number of thioether (sulfide) groups is 1. The monoisotopic (exact) mass is 344 g/mol. The van der Waals surface area contributed by atoms with Crippen LogP contribution in [0.25, 0.3) is 0 Å². The van der Waals surface area contributed by atoms with Crippen LogP contribution in [0.1, 0.15) is 25.0 Å². The summed E-state index contributed by atoms with van der Waals surface area (Å²) >= 11 is 1.56.